The Morgan fingerprint density at radius 3 is 2.00 bits per heavy atom. The lowest BCUT2D eigenvalue weighted by Gasteiger charge is -2.40. The molecule has 0 bridgehead atoms. The zero-order valence-electron chi connectivity index (χ0n) is 10.0. The third kappa shape index (κ3) is 3.20. The smallest absolute Gasteiger partial charge is 0.187 e. The minimum Gasteiger partial charge on any atom is -0.486 e. The Bertz CT molecular complexity index is 245. The lowest BCUT2D eigenvalue weighted by Crippen LogP contribution is -2.33. The second kappa shape index (κ2) is 6.51. The van der Waals surface area contributed by atoms with Gasteiger partial charge in [-0.3, -0.25) is 9.34 Å². The molecule has 0 aliphatic heterocycles. The van der Waals surface area contributed by atoms with Gasteiger partial charge >= 0.3 is 0 Å². The van der Waals surface area contributed by atoms with E-state index in [-0.39, 0.29) is 0 Å². The van der Waals surface area contributed by atoms with Crippen molar-refractivity contribution in [3.63, 3.8) is 0 Å². The van der Waals surface area contributed by atoms with Crippen LogP contribution >= 0.6 is 19.3 Å². The molecule has 0 radical (unpaired) electrons. The van der Waals surface area contributed by atoms with Gasteiger partial charge in [-0.05, 0) is 35.2 Å². The fourth-order valence-corrected chi connectivity index (χ4v) is 5.10. The van der Waals surface area contributed by atoms with Crippen molar-refractivity contribution < 1.29 is 4.74 Å². The average molecular weight is 255 g/mol. The topological polar surface area (TPSA) is 31.3 Å². The van der Waals surface area contributed by atoms with Crippen molar-refractivity contribution in [1.82, 2.24) is 14.0 Å². The molecule has 0 aliphatic rings. The lowest BCUT2D eigenvalue weighted by atomic mass is 11.1. The summed E-state index contributed by atoms with van der Waals surface area (Å²) in [4.78, 5) is 0. The first-order valence-electron chi connectivity index (χ1n) is 4.45. The molecule has 0 aromatic carbocycles. The van der Waals surface area contributed by atoms with Gasteiger partial charge in [-0.1, -0.05) is 6.58 Å². The molecule has 0 rings (SSSR count). The summed E-state index contributed by atoms with van der Waals surface area (Å²) < 4.78 is 15.2. The Labute approximate surface area is 97.6 Å². The molecular formula is C8H20ClN4OP. The van der Waals surface area contributed by atoms with Gasteiger partial charge in [-0.15, -0.1) is 0 Å². The number of hydrogen-bond donors (Lipinski definition) is 0. The highest BCUT2D eigenvalue weighted by Gasteiger charge is 2.30. The number of rotatable bonds is 6. The molecule has 0 aromatic rings. The highest BCUT2D eigenvalue weighted by Crippen LogP contribution is 2.56. The summed E-state index contributed by atoms with van der Waals surface area (Å²) >= 11 is 5.76. The fourth-order valence-electron chi connectivity index (χ4n) is 1.40. The first-order chi connectivity index (χ1) is 6.93. The Morgan fingerprint density at radius 2 is 1.73 bits per heavy atom. The van der Waals surface area contributed by atoms with Crippen LogP contribution in [0, 0.1) is 0 Å². The molecule has 7 heteroatoms. The number of halogens is 1. The first kappa shape index (κ1) is 14.9. The maximum atomic E-state index is 5.76. The molecule has 0 heterocycles. The number of hydrogen-bond acceptors (Lipinski definition) is 2. The zero-order chi connectivity index (χ0) is 12.1. The molecule has 0 aromatic heterocycles. The largest absolute Gasteiger partial charge is 0.486 e. The summed E-state index contributed by atoms with van der Waals surface area (Å²) in [7, 11) is 7.69. The summed E-state index contributed by atoms with van der Waals surface area (Å²) in [5.41, 5.74) is 0. The van der Waals surface area contributed by atoms with Gasteiger partial charge in [0.2, 0.25) is 0 Å². The molecular weight excluding hydrogens is 235 g/mol. The number of nitrogens with zero attached hydrogens (tertiary/aromatic N) is 4. The zero-order valence-corrected chi connectivity index (χ0v) is 11.7. The van der Waals surface area contributed by atoms with Crippen LogP contribution in [0.15, 0.2) is 17.1 Å². The van der Waals surface area contributed by atoms with Crippen molar-refractivity contribution in [2.24, 2.45) is 4.26 Å². The monoisotopic (exact) mass is 254 g/mol. The summed E-state index contributed by atoms with van der Waals surface area (Å²) in [5.74, 6) is 0. The second-order valence-electron chi connectivity index (χ2n) is 3.43. The van der Waals surface area contributed by atoms with Gasteiger partial charge < -0.3 is 4.74 Å². The van der Waals surface area contributed by atoms with E-state index in [2.05, 4.69) is 10.8 Å². The summed E-state index contributed by atoms with van der Waals surface area (Å²) in [6, 6.07) is 0. The van der Waals surface area contributed by atoms with Gasteiger partial charge in [-0.2, -0.15) is 4.26 Å². The molecule has 0 spiro atoms. The molecule has 0 N–H and O–H groups in total. The summed E-state index contributed by atoms with van der Waals surface area (Å²) in [6.07, 6.45) is 1.41. The molecule has 0 amide bonds. The van der Waals surface area contributed by atoms with Crippen molar-refractivity contribution in [3.8, 4) is 0 Å². The minimum absolute atomic E-state index is 0.407. The first-order valence-corrected chi connectivity index (χ1v) is 6.39. The molecule has 0 fully saturated rings. The van der Waals surface area contributed by atoms with E-state index in [0.717, 1.165) is 0 Å². The molecule has 0 saturated heterocycles. The SMILES string of the molecule is C=COCN(C)P(=NCl)(N(C)C)N(C)C. The van der Waals surface area contributed by atoms with Crippen LogP contribution in [0.2, 0.25) is 0 Å². The minimum atomic E-state index is -2.02. The van der Waals surface area contributed by atoms with Crippen molar-refractivity contribution in [2.45, 2.75) is 0 Å². The van der Waals surface area contributed by atoms with E-state index in [0.29, 0.717) is 6.73 Å². The van der Waals surface area contributed by atoms with E-state index in [1.165, 1.54) is 6.26 Å². The lowest BCUT2D eigenvalue weighted by molar-refractivity contribution is 0.165. The predicted octanol–water partition coefficient (Wildman–Crippen LogP) is 2.26. The van der Waals surface area contributed by atoms with Crippen LogP contribution in [-0.4, -0.2) is 56.0 Å². The molecule has 0 unspecified atom stereocenters. The van der Waals surface area contributed by atoms with Gasteiger partial charge in [0.05, 0.1) is 6.26 Å². The molecule has 0 atom stereocenters. The molecule has 5 nitrogen and oxygen atoms in total. The van der Waals surface area contributed by atoms with Crippen LogP contribution in [0.25, 0.3) is 0 Å². The van der Waals surface area contributed by atoms with Gasteiger partial charge in [0, 0.05) is 11.8 Å². The highest BCUT2D eigenvalue weighted by molar-refractivity contribution is 7.59. The highest BCUT2D eigenvalue weighted by atomic mass is 35.5. The van der Waals surface area contributed by atoms with E-state index >= 15 is 0 Å². The van der Waals surface area contributed by atoms with Crippen molar-refractivity contribution in [2.75, 3.05) is 42.0 Å². The van der Waals surface area contributed by atoms with E-state index in [1.54, 1.807) is 0 Å². The van der Waals surface area contributed by atoms with Gasteiger partial charge in [0.15, 0.2) is 7.51 Å². The van der Waals surface area contributed by atoms with E-state index in [4.69, 9.17) is 16.5 Å². The maximum Gasteiger partial charge on any atom is 0.187 e. The quantitative estimate of drug-likeness (QED) is 0.413. The van der Waals surface area contributed by atoms with Crippen LogP contribution in [0.1, 0.15) is 0 Å². The van der Waals surface area contributed by atoms with Gasteiger partial charge in [-0.25, -0.2) is 4.67 Å². The Balaban J connectivity index is 5.01. The summed E-state index contributed by atoms with van der Waals surface area (Å²) in [5, 5.41) is 0. The standard InChI is InChI=1S/C8H20ClN4OP/c1-7-14-8-13(6)15(10-9,11(2)3)12(4)5/h7H,1,8H2,2-6H3. The second-order valence-corrected chi connectivity index (χ2v) is 7.39. The van der Waals surface area contributed by atoms with Crippen molar-refractivity contribution in [3.05, 3.63) is 12.8 Å². The third-order valence-electron chi connectivity index (χ3n) is 2.01. The normalized spacial score (nSPS) is 12.3. The summed E-state index contributed by atoms with van der Waals surface area (Å²) in [6.45, 7) is 3.91. The van der Waals surface area contributed by atoms with Crippen molar-refractivity contribution in [1.29, 1.82) is 0 Å². The van der Waals surface area contributed by atoms with Gasteiger partial charge in [0.25, 0.3) is 0 Å². The van der Waals surface area contributed by atoms with Crippen LogP contribution in [0.5, 0.6) is 0 Å². The number of ether oxygens (including phenoxy) is 1. The third-order valence-corrected chi connectivity index (χ3v) is 6.00. The molecule has 0 aliphatic carbocycles. The Hall–Kier alpha value is -0.0600. The molecule has 15 heavy (non-hydrogen) atoms. The van der Waals surface area contributed by atoms with Crippen LogP contribution in [0.3, 0.4) is 0 Å². The maximum absolute atomic E-state index is 5.76. The fraction of sp³-hybridized carbons (Fsp3) is 0.750. The van der Waals surface area contributed by atoms with Gasteiger partial charge in [0.1, 0.15) is 6.73 Å². The van der Waals surface area contributed by atoms with E-state index in [9.17, 15) is 0 Å². The molecule has 0 saturated carbocycles. The van der Waals surface area contributed by atoms with Crippen LogP contribution in [0.4, 0.5) is 0 Å². The van der Waals surface area contributed by atoms with Crippen molar-refractivity contribution >= 4 is 19.3 Å². The average Bonchev–Trinajstić information content (AvgIpc) is 2.15. The van der Waals surface area contributed by atoms with E-state index in [1.807, 2.05) is 49.2 Å². The Kier molecular flexibility index (Phi) is 6.48. The van der Waals surface area contributed by atoms with Crippen LogP contribution in [-0.2, 0) is 4.74 Å². The van der Waals surface area contributed by atoms with Crippen LogP contribution < -0.4 is 0 Å². The molecule has 90 valence electrons. The Morgan fingerprint density at radius 1 is 1.27 bits per heavy atom. The van der Waals surface area contributed by atoms with E-state index < -0.39 is 7.51 Å². The predicted molar refractivity (Wildman–Crippen MR) is 66.5 cm³/mol.